The van der Waals surface area contributed by atoms with Crippen LogP contribution in [0.2, 0.25) is 0 Å². The Hall–Kier alpha value is -2.22. The van der Waals surface area contributed by atoms with Crippen molar-refractivity contribution in [3.63, 3.8) is 0 Å². The van der Waals surface area contributed by atoms with Crippen LogP contribution in [0.15, 0.2) is 18.2 Å². The summed E-state index contributed by atoms with van der Waals surface area (Å²) < 4.78 is 10.2. The van der Waals surface area contributed by atoms with Gasteiger partial charge < -0.3 is 14.8 Å². The molecule has 0 spiro atoms. The van der Waals surface area contributed by atoms with E-state index in [0.717, 1.165) is 0 Å². The number of amides is 1. The molecule has 0 saturated heterocycles. The number of nitriles is 1. The van der Waals surface area contributed by atoms with Gasteiger partial charge >= 0.3 is 0 Å². The summed E-state index contributed by atoms with van der Waals surface area (Å²) in [5.74, 6) is 0.616. The molecular formula is C13H16N2O3. The lowest BCUT2D eigenvalue weighted by atomic mass is 10.1. The van der Waals surface area contributed by atoms with E-state index >= 15 is 0 Å². The summed E-state index contributed by atoms with van der Waals surface area (Å²) in [5, 5.41) is 11.3. The Kier molecular flexibility index (Phi) is 5.00. The zero-order valence-corrected chi connectivity index (χ0v) is 10.7. The second kappa shape index (κ2) is 6.50. The van der Waals surface area contributed by atoms with Crippen molar-refractivity contribution in [3.8, 4) is 17.6 Å². The van der Waals surface area contributed by atoms with Gasteiger partial charge in [-0.05, 0) is 25.1 Å². The van der Waals surface area contributed by atoms with Gasteiger partial charge in [0.1, 0.15) is 0 Å². The predicted octanol–water partition coefficient (Wildman–Crippen LogP) is 1.59. The maximum atomic E-state index is 11.8. The third kappa shape index (κ3) is 3.39. The summed E-state index contributed by atoms with van der Waals surface area (Å²) in [6.45, 7) is 2.07. The van der Waals surface area contributed by atoms with E-state index in [1.807, 2.05) is 0 Å². The summed E-state index contributed by atoms with van der Waals surface area (Å²) in [7, 11) is 3.05. The molecule has 5 heteroatoms. The minimum Gasteiger partial charge on any atom is -0.493 e. The van der Waals surface area contributed by atoms with Crippen LogP contribution in [0.25, 0.3) is 0 Å². The predicted molar refractivity (Wildman–Crippen MR) is 66.7 cm³/mol. The molecular weight excluding hydrogens is 232 g/mol. The molecule has 96 valence electrons. The first-order valence-corrected chi connectivity index (χ1v) is 5.52. The van der Waals surface area contributed by atoms with E-state index < -0.39 is 0 Å². The number of benzene rings is 1. The van der Waals surface area contributed by atoms with Crippen LogP contribution in [0.1, 0.15) is 17.3 Å². The van der Waals surface area contributed by atoms with Crippen LogP contribution in [0, 0.1) is 17.2 Å². The lowest BCUT2D eigenvalue weighted by Crippen LogP contribution is -2.27. The fourth-order valence-corrected chi connectivity index (χ4v) is 1.37. The number of nitrogens with zero attached hydrogens (tertiary/aromatic N) is 1. The van der Waals surface area contributed by atoms with E-state index in [9.17, 15) is 4.79 Å². The average molecular weight is 248 g/mol. The van der Waals surface area contributed by atoms with E-state index in [1.165, 1.54) is 14.2 Å². The van der Waals surface area contributed by atoms with Crippen LogP contribution in [0.4, 0.5) is 0 Å². The zero-order chi connectivity index (χ0) is 13.5. The molecule has 1 aromatic carbocycles. The molecule has 0 aliphatic heterocycles. The van der Waals surface area contributed by atoms with Crippen molar-refractivity contribution in [2.75, 3.05) is 20.8 Å². The first kappa shape index (κ1) is 13.8. The minimum absolute atomic E-state index is 0.214. The molecule has 1 rings (SSSR count). The first-order valence-electron chi connectivity index (χ1n) is 5.52. The van der Waals surface area contributed by atoms with Crippen LogP contribution in [-0.4, -0.2) is 26.7 Å². The maximum Gasteiger partial charge on any atom is 0.251 e. The Morgan fingerprint density at radius 1 is 1.39 bits per heavy atom. The SMILES string of the molecule is COc1ccc(C(=O)NCC(C)C#N)cc1OC. The van der Waals surface area contributed by atoms with E-state index in [0.29, 0.717) is 23.6 Å². The monoisotopic (exact) mass is 248 g/mol. The standard InChI is InChI=1S/C13H16N2O3/c1-9(7-14)8-15-13(16)10-4-5-11(17-2)12(6-10)18-3/h4-6,9H,8H2,1-3H3,(H,15,16). The van der Waals surface area contributed by atoms with Gasteiger partial charge in [0, 0.05) is 12.1 Å². The van der Waals surface area contributed by atoms with Gasteiger partial charge in [0.2, 0.25) is 0 Å². The van der Waals surface area contributed by atoms with Gasteiger partial charge in [-0.15, -0.1) is 0 Å². The number of carbonyl (C=O) groups excluding carboxylic acids is 1. The van der Waals surface area contributed by atoms with Crippen molar-refractivity contribution in [2.45, 2.75) is 6.92 Å². The highest BCUT2D eigenvalue weighted by atomic mass is 16.5. The summed E-state index contributed by atoms with van der Waals surface area (Å²) >= 11 is 0. The van der Waals surface area contributed by atoms with Gasteiger partial charge in [0.25, 0.3) is 5.91 Å². The first-order chi connectivity index (χ1) is 8.62. The second-order valence-corrected chi connectivity index (χ2v) is 3.81. The Bertz CT molecular complexity index is 466. The topological polar surface area (TPSA) is 71.3 Å². The highest BCUT2D eigenvalue weighted by molar-refractivity contribution is 5.94. The third-order valence-corrected chi connectivity index (χ3v) is 2.43. The fourth-order valence-electron chi connectivity index (χ4n) is 1.37. The summed E-state index contributed by atoms with van der Waals surface area (Å²) in [6.07, 6.45) is 0. The number of rotatable bonds is 5. The number of ether oxygens (including phenoxy) is 2. The van der Waals surface area contributed by atoms with E-state index in [1.54, 1.807) is 25.1 Å². The van der Waals surface area contributed by atoms with E-state index in [2.05, 4.69) is 11.4 Å². The van der Waals surface area contributed by atoms with Crippen molar-refractivity contribution in [1.29, 1.82) is 5.26 Å². The quantitative estimate of drug-likeness (QED) is 0.859. The molecule has 1 aromatic rings. The second-order valence-electron chi connectivity index (χ2n) is 3.81. The van der Waals surface area contributed by atoms with Crippen LogP contribution in [0.5, 0.6) is 11.5 Å². The molecule has 1 N–H and O–H groups in total. The molecule has 1 unspecified atom stereocenters. The molecule has 0 heterocycles. The molecule has 0 saturated carbocycles. The summed E-state index contributed by atoms with van der Waals surface area (Å²) in [5.41, 5.74) is 0.470. The number of methoxy groups -OCH3 is 2. The van der Waals surface area contributed by atoms with Crippen LogP contribution < -0.4 is 14.8 Å². The lowest BCUT2D eigenvalue weighted by Gasteiger charge is -2.10. The highest BCUT2D eigenvalue weighted by Gasteiger charge is 2.11. The van der Waals surface area contributed by atoms with Gasteiger partial charge in [-0.1, -0.05) is 0 Å². The molecule has 1 atom stereocenters. The van der Waals surface area contributed by atoms with Crippen molar-refractivity contribution < 1.29 is 14.3 Å². The largest absolute Gasteiger partial charge is 0.493 e. The number of hydrogen-bond donors (Lipinski definition) is 1. The van der Waals surface area contributed by atoms with Gasteiger partial charge in [0.15, 0.2) is 11.5 Å². The Morgan fingerprint density at radius 2 is 2.06 bits per heavy atom. The average Bonchev–Trinajstić information content (AvgIpc) is 2.43. The number of hydrogen-bond acceptors (Lipinski definition) is 4. The van der Waals surface area contributed by atoms with E-state index in [-0.39, 0.29) is 11.8 Å². The third-order valence-electron chi connectivity index (χ3n) is 2.43. The molecule has 0 radical (unpaired) electrons. The molecule has 0 aliphatic rings. The molecule has 18 heavy (non-hydrogen) atoms. The number of nitrogens with one attached hydrogen (secondary N) is 1. The lowest BCUT2D eigenvalue weighted by molar-refractivity contribution is 0.0950. The zero-order valence-electron chi connectivity index (χ0n) is 10.7. The summed E-state index contributed by atoms with van der Waals surface area (Å²) in [4.78, 5) is 11.8. The van der Waals surface area contributed by atoms with Crippen molar-refractivity contribution in [2.24, 2.45) is 5.92 Å². The molecule has 0 bridgehead atoms. The fraction of sp³-hybridized carbons (Fsp3) is 0.385. The molecule has 0 aromatic heterocycles. The number of carbonyl (C=O) groups is 1. The van der Waals surface area contributed by atoms with Crippen LogP contribution in [0.3, 0.4) is 0 Å². The van der Waals surface area contributed by atoms with Gasteiger partial charge in [-0.25, -0.2) is 0 Å². The molecule has 0 fully saturated rings. The van der Waals surface area contributed by atoms with Gasteiger partial charge in [0.05, 0.1) is 26.2 Å². The van der Waals surface area contributed by atoms with Gasteiger partial charge in [-0.3, -0.25) is 4.79 Å². The Balaban J connectivity index is 2.78. The van der Waals surface area contributed by atoms with Crippen molar-refractivity contribution >= 4 is 5.91 Å². The smallest absolute Gasteiger partial charge is 0.251 e. The van der Waals surface area contributed by atoms with E-state index in [4.69, 9.17) is 14.7 Å². The minimum atomic E-state index is -0.238. The van der Waals surface area contributed by atoms with Crippen LogP contribution >= 0.6 is 0 Å². The molecule has 1 amide bonds. The molecule has 0 aliphatic carbocycles. The highest BCUT2D eigenvalue weighted by Crippen LogP contribution is 2.27. The maximum absolute atomic E-state index is 11.8. The molecule has 5 nitrogen and oxygen atoms in total. The van der Waals surface area contributed by atoms with Crippen LogP contribution in [-0.2, 0) is 0 Å². The Labute approximate surface area is 106 Å². The Morgan fingerprint density at radius 3 is 2.61 bits per heavy atom. The van der Waals surface area contributed by atoms with Crippen molar-refractivity contribution in [1.82, 2.24) is 5.32 Å². The normalized spacial score (nSPS) is 11.2. The summed E-state index contributed by atoms with van der Waals surface area (Å²) in [6, 6.07) is 6.97. The van der Waals surface area contributed by atoms with Gasteiger partial charge in [-0.2, -0.15) is 5.26 Å². The van der Waals surface area contributed by atoms with Crippen molar-refractivity contribution in [3.05, 3.63) is 23.8 Å².